The van der Waals surface area contributed by atoms with Gasteiger partial charge in [-0.2, -0.15) is 0 Å². The van der Waals surface area contributed by atoms with Crippen molar-refractivity contribution in [2.24, 2.45) is 17.3 Å². The number of hydrogen-bond donors (Lipinski definition) is 2. The summed E-state index contributed by atoms with van der Waals surface area (Å²) in [4.78, 5) is 2.14. The molecule has 3 aliphatic carbocycles. The fourth-order valence-corrected chi connectivity index (χ4v) is 4.99. The SMILES string of the molecule is CC1(C)[C@@H]2C[C@@H](O)[C@](O)(CN(c3ccccc3)c3ccccc3)[C@H]1C2. The molecule has 0 spiro atoms. The summed E-state index contributed by atoms with van der Waals surface area (Å²) in [5, 5.41) is 22.3. The largest absolute Gasteiger partial charge is 0.390 e. The average molecular weight is 337 g/mol. The molecule has 2 aromatic carbocycles. The van der Waals surface area contributed by atoms with Gasteiger partial charge in [0.2, 0.25) is 0 Å². The Morgan fingerprint density at radius 3 is 1.92 bits per heavy atom. The molecule has 2 N–H and O–H groups in total. The van der Waals surface area contributed by atoms with Crippen LogP contribution < -0.4 is 4.90 Å². The first-order chi connectivity index (χ1) is 11.9. The molecule has 0 aromatic heterocycles. The molecule has 3 saturated carbocycles. The third kappa shape index (κ3) is 2.57. The molecule has 4 atom stereocenters. The van der Waals surface area contributed by atoms with Crippen LogP contribution in [-0.4, -0.2) is 28.5 Å². The van der Waals surface area contributed by atoms with Crippen LogP contribution in [0.1, 0.15) is 26.7 Å². The number of fused-ring (bicyclic) bond motifs is 2. The van der Waals surface area contributed by atoms with E-state index in [1.165, 1.54) is 0 Å². The number of nitrogens with zero attached hydrogens (tertiary/aromatic N) is 1. The van der Waals surface area contributed by atoms with Gasteiger partial charge in [0, 0.05) is 11.4 Å². The summed E-state index contributed by atoms with van der Waals surface area (Å²) in [6, 6.07) is 20.3. The Morgan fingerprint density at radius 2 is 1.44 bits per heavy atom. The minimum absolute atomic E-state index is 0.0903. The minimum atomic E-state index is -1.09. The second-order valence-corrected chi connectivity index (χ2v) is 8.31. The second kappa shape index (κ2) is 5.86. The van der Waals surface area contributed by atoms with Crippen molar-refractivity contribution in [1.29, 1.82) is 0 Å². The molecule has 2 bridgehead atoms. The lowest BCUT2D eigenvalue weighted by Crippen LogP contribution is -2.70. The van der Waals surface area contributed by atoms with Crippen LogP contribution in [0.15, 0.2) is 60.7 Å². The number of hydrogen-bond acceptors (Lipinski definition) is 3. The van der Waals surface area contributed by atoms with Crippen molar-refractivity contribution in [3.05, 3.63) is 60.7 Å². The predicted molar refractivity (Wildman–Crippen MR) is 101 cm³/mol. The topological polar surface area (TPSA) is 43.7 Å². The monoisotopic (exact) mass is 337 g/mol. The van der Waals surface area contributed by atoms with Gasteiger partial charge in [0.15, 0.2) is 0 Å². The highest BCUT2D eigenvalue weighted by Gasteiger charge is 2.64. The molecule has 0 radical (unpaired) electrons. The summed E-state index contributed by atoms with van der Waals surface area (Å²) < 4.78 is 0. The number of aliphatic hydroxyl groups is 2. The van der Waals surface area contributed by atoms with E-state index < -0.39 is 11.7 Å². The van der Waals surface area contributed by atoms with Gasteiger partial charge >= 0.3 is 0 Å². The first kappa shape index (κ1) is 16.6. The van der Waals surface area contributed by atoms with Crippen molar-refractivity contribution in [1.82, 2.24) is 0 Å². The highest BCUT2D eigenvalue weighted by Crippen LogP contribution is 2.63. The molecule has 132 valence electrons. The van der Waals surface area contributed by atoms with Gasteiger partial charge in [-0.05, 0) is 54.4 Å². The lowest BCUT2D eigenvalue weighted by Gasteiger charge is -2.65. The van der Waals surface area contributed by atoms with Crippen LogP contribution in [0.25, 0.3) is 0 Å². The molecule has 2 aromatic rings. The summed E-state index contributed by atoms with van der Waals surface area (Å²) in [6.45, 7) is 4.87. The molecular weight excluding hydrogens is 310 g/mol. The Hall–Kier alpha value is -1.84. The first-order valence-corrected chi connectivity index (χ1v) is 9.21. The summed E-state index contributed by atoms with van der Waals surface area (Å²) in [5.74, 6) is 0.651. The molecule has 25 heavy (non-hydrogen) atoms. The van der Waals surface area contributed by atoms with Gasteiger partial charge in [0.05, 0.1) is 12.6 Å². The number of para-hydroxylation sites is 2. The van der Waals surface area contributed by atoms with Crippen LogP contribution >= 0.6 is 0 Å². The van der Waals surface area contributed by atoms with Crippen LogP contribution in [0, 0.1) is 17.3 Å². The van der Waals surface area contributed by atoms with E-state index in [2.05, 4.69) is 43.0 Å². The molecular formula is C22H27NO2. The standard InChI is InChI=1S/C22H27NO2/c1-21(2)16-13-19(21)22(25,20(24)14-16)15-23(17-9-5-3-6-10-17)18-11-7-4-8-12-18/h3-12,16,19-20,24-25H,13-15H2,1-2H3/t16-,19-,20+,22-/m0/s1. The van der Waals surface area contributed by atoms with E-state index in [1.54, 1.807) is 0 Å². The number of aliphatic hydroxyl groups excluding tert-OH is 1. The van der Waals surface area contributed by atoms with Crippen molar-refractivity contribution < 1.29 is 10.2 Å². The van der Waals surface area contributed by atoms with E-state index in [-0.39, 0.29) is 11.3 Å². The van der Waals surface area contributed by atoms with Crippen LogP contribution in [0.4, 0.5) is 11.4 Å². The maximum atomic E-state index is 11.6. The molecule has 0 unspecified atom stereocenters. The summed E-state index contributed by atoms with van der Waals surface area (Å²) in [7, 11) is 0. The maximum absolute atomic E-state index is 11.6. The Bertz CT molecular complexity index is 691. The zero-order chi connectivity index (χ0) is 17.7. The fraction of sp³-hybridized carbons (Fsp3) is 0.455. The first-order valence-electron chi connectivity index (χ1n) is 9.21. The van der Waals surface area contributed by atoms with Crippen molar-refractivity contribution >= 4 is 11.4 Å². The van der Waals surface area contributed by atoms with E-state index in [1.807, 2.05) is 36.4 Å². The van der Waals surface area contributed by atoms with E-state index in [9.17, 15) is 10.2 Å². The fourth-order valence-electron chi connectivity index (χ4n) is 4.99. The minimum Gasteiger partial charge on any atom is -0.390 e. The number of anilines is 2. The quantitative estimate of drug-likeness (QED) is 0.887. The Kier molecular flexibility index (Phi) is 3.89. The van der Waals surface area contributed by atoms with Crippen molar-refractivity contribution in [2.75, 3.05) is 11.4 Å². The molecule has 3 aliphatic rings. The zero-order valence-corrected chi connectivity index (χ0v) is 15.0. The molecule has 3 fully saturated rings. The molecule has 0 aliphatic heterocycles. The zero-order valence-electron chi connectivity index (χ0n) is 15.0. The average Bonchev–Trinajstić information content (AvgIpc) is 2.63. The van der Waals surface area contributed by atoms with Gasteiger partial charge in [-0.3, -0.25) is 0 Å². The summed E-state index contributed by atoms with van der Waals surface area (Å²) in [6.07, 6.45) is 1.04. The highest BCUT2D eigenvalue weighted by molar-refractivity contribution is 5.63. The van der Waals surface area contributed by atoms with E-state index in [0.29, 0.717) is 18.9 Å². The van der Waals surface area contributed by atoms with Crippen LogP contribution in [0.2, 0.25) is 0 Å². The number of benzene rings is 2. The van der Waals surface area contributed by atoms with Gasteiger partial charge in [-0.1, -0.05) is 50.2 Å². The molecule has 5 rings (SSSR count). The van der Waals surface area contributed by atoms with Crippen LogP contribution in [-0.2, 0) is 0 Å². The number of rotatable bonds is 4. The molecule has 0 saturated heterocycles. The lowest BCUT2D eigenvalue weighted by molar-refractivity contribution is -0.248. The predicted octanol–water partition coefficient (Wildman–Crippen LogP) is 3.98. The molecule has 3 heteroatoms. The van der Waals surface area contributed by atoms with Gasteiger partial charge in [-0.15, -0.1) is 0 Å². The Labute approximate surface area is 149 Å². The lowest BCUT2D eigenvalue weighted by atomic mass is 9.43. The highest BCUT2D eigenvalue weighted by atomic mass is 16.3. The van der Waals surface area contributed by atoms with Gasteiger partial charge < -0.3 is 15.1 Å². The van der Waals surface area contributed by atoms with Gasteiger partial charge in [0.1, 0.15) is 5.60 Å². The Balaban J connectivity index is 1.71. The normalized spacial score (nSPS) is 32.7. The maximum Gasteiger partial charge on any atom is 0.112 e. The van der Waals surface area contributed by atoms with Crippen molar-refractivity contribution in [3.63, 3.8) is 0 Å². The van der Waals surface area contributed by atoms with Gasteiger partial charge in [0.25, 0.3) is 0 Å². The van der Waals surface area contributed by atoms with Crippen LogP contribution in [0.5, 0.6) is 0 Å². The summed E-state index contributed by atoms with van der Waals surface area (Å²) in [5.41, 5.74) is 1.07. The van der Waals surface area contributed by atoms with Crippen molar-refractivity contribution in [3.8, 4) is 0 Å². The van der Waals surface area contributed by atoms with E-state index >= 15 is 0 Å². The van der Waals surface area contributed by atoms with Crippen LogP contribution in [0.3, 0.4) is 0 Å². The molecule has 0 amide bonds. The molecule has 3 nitrogen and oxygen atoms in total. The van der Waals surface area contributed by atoms with E-state index in [0.717, 1.165) is 17.8 Å². The second-order valence-electron chi connectivity index (χ2n) is 8.31. The van der Waals surface area contributed by atoms with E-state index in [4.69, 9.17) is 0 Å². The summed E-state index contributed by atoms with van der Waals surface area (Å²) >= 11 is 0. The van der Waals surface area contributed by atoms with Crippen molar-refractivity contribution in [2.45, 2.75) is 38.4 Å². The third-order valence-electron chi connectivity index (χ3n) is 6.71. The smallest absolute Gasteiger partial charge is 0.112 e. The van der Waals surface area contributed by atoms with Gasteiger partial charge in [-0.25, -0.2) is 0 Å². The Morgan fingerprint density at radius 1 is 0.920 bits per heavy atom. The molecule has 0 heterocycles. The third-order valence-corrected chi connectivity index (χ3v) is 6.71.